The molecule has 1 heterocycles. The van der Waals surface area contributed by atoms with E-state index in [-0.39, 0.29) is 12.5 Å². The summed E-state index contributed by atoms with van der Waals surface area (Å²) >= 11 is 12.4. The van der Waals surface area contributed by atoms with Crippen LogP contribution >= 0.6 is 23.2 Å². The van der Waals surface area contributed by atoms with E-state index in [1.807, 2.05) is 66.4 Å². The summed E-state index contributed by atoms with van der Waals surface area (Å²) in [5.41, 5.74) is 3.73. The van der Waals surface area contributed by atoms with Crippen LogP contribution in [-0.2, 0) is 6.61 Å². The van der Waals surface area contributed by atoms with Gasteiger partial charge in [-0.05, 0) is 61.9 Å². The van der Waals surface area contributed by atoms with E-state index < -0.39 is 0 Å². The third-order valence-corrected chi connectivity index (χ3v) is 6.45. The van der Waals surface area contributed by atoms with Crippen molar-refractivity contribution in [2.75, 3.05) is 37.7 Å². The smallest absolute Gasteiger partial charge is 0.253 e. The maximum absolute atomic E-state index is 13.3. The minimum Gasteiger partial charge on any atom is -0.493 e. The van der Waals surface area contributed by atoms with Crippen LogP contribution in [0.3, 0.4) is 0 Å². The standard InChI is InChI=1S/C27H28Cl2N2O3/c1-3-33-25-11-9-20(16-21(25)18-34-26-7-5-4-6-23(26)29)27(32)31-14-12-30(13-15-31)24-17-22(28)10-8-19(24)2/h4-11,16-17H,3,12-15,18H2,1-2H3. The van der Waals surface area contributed by atoms with Crippen molar-refractivity contribution in [2.45, 2.75) is 20.5 Å². The molecule has 3 aromatic rings. The van der Waals surface area contributed by atoms with Gasteiger partial charge in [0.1, 0.15) is 18.1 Å². The number of halogens is 2. The van der Waals surface area contributed by atoms with Gasteiger partial charge in [-0.25, -0.2) is 0 Å². The summed E-state index contributed by atoms with van der Waals surface area (Å²) in [6.45, 7) is 7.58. The van der Waals surface area contributed by atoms with Gasteiger partial charge in [-0.2, -0.15) is 0 Å². The van der Waals surface area contributed by atoms with E-state index in [2.05, 4.69) is 11.8 Å². The Kier molecular flexibility index (Phi) is 7.86. The highest BCUT2D eigenvalue weighted by molar-refractivity contribution is 6.32. The molecule has 0 aromatic heterocycles. The Bertz CT molecular complexity index is 1160. The van der Waals surface area contributed by atoms with Crippen molar-refractivity contribution in [1.82, 2.24) is 4.90 Å². The van der Waals surface area contributed by atoms with Gasteiger partial charge < -0.3 is 19.3 Å². The summed E-state index contributed by atoms with van der Waals surface area (Å²) in [6, 6.07) is 18.8. The molecule has 0 aliphatic carbocycles. The number of benzene rings is 3. The number of rotatable bonds is 7. The molecule has 0 saturated carbocycles. The molecule has 1 saturated heterocycles. The Hall–Kier alpha value is -2.89. The molecule has 0 atom stereocenters. The Morgan fingerprint density at radius 2 is 1.68 bits per heavy atom. The first kappa shape index (κ1) is 24.2. The molecule has 1 fully saturated rings. The molecule has 34 heavy (non-hydrogen) atoms. The zero-order chi connectivity index (χ0) is 24.1. The number of nitrogens with zero attached hydrogens (tertiary/aromatic N) is 2. The SMILES string of the molecule is CCOc1ccc(C(=O)N2CCN(c3cc(Cl)ccc3C)CC2)cc1COc1ccccc1Cl. The number of carbonyl (C=O) groups excluding carboxylic acids is 1. The van der Waals surface area contributed by atoms with Gasteiger partial charge in [0, 0.05) is 48.0 Å². The van der Waals surface area contributed by atoms with Gasteiger partial charge in [0.25, 0.3) is 5.91 Å². The van der Waals surface area contributed by atoms with E-state index in [9.17, 15) is 4.79 Å². The van der Waals surface area contributed by atoms with Gasteiger partial charge in [0.2, 0.25) is 0 Å². The predicted molar refractivity (Wildman–Crippen MR) is 138 cm³/mol. The number of amides is 1. The van der Waals surface area contributed by atoms with Crippen LogP contribution in [0.25, 0.3) is 0 Å². The quantitative estimate of drug-likeness (QED) is 0.386. The lowest BCUT2D eigenvalue weighted by Crippen LogP contribution is -2.49. The van der Waals surface area contributed by atoms with Crippen molar-refractivity contribution in [3.8, 4) is 11.5 Å². The molecular formula is C27H28Cl2N2O3. The maximum Gasteiger partial charge on any atom is 0.253 e. The highest BCUT2D eigenvalue weighted by Gasteiger charge is 2.24. The van der Waals surface area contributed by atoms with Crippen LogP contribution in [-0.4, -0.2) is 43.6 Å². The Morgan fingerprint density at radius 3 is 2.41 bits per heavy atom. The minimum absolute atomic E-state index is 0.00417. The van der Waals surface area contributed by atoms with Crippen molar-refractivity contribution in [3.05, 3.63) is 87.4 Å². The summed E-state index contributed by atoms with van der Waals surface area (Å²) in [5.74, 6) is 1.30. The largest absolute Gasteiger partial charge is 0.493 e. The fraction of sp³-hybridized carbons (Fsp3) is 0.296. The maximum atomic E-state index is 13.3. The Balaban J connectivity index is 1.46. The summed E-state index contributed by atoms with van der Waals surface area (Å²) in [7, 11) is 0. The second-order valence-corrected chi connectivity index (χ2v) is 9.03. The highest BCUT2D eigenvalue weighted by Crippen LogP contribution is 2.28. The van der Waals surface area contributed by atoms with Crippen LogP contribution in [0.5, 0.6) is 11.5 Å². The van der Waals surface area contributed by atoms with Gasteiger partial charge in [0.05, 0.1) is 11.6 Å². The summed E-state index contributed by atoms with van der Waals surface area (Å²) in [5, 5.41) is 1.26. The van der Waals surface area contributed by atoms with Crippen molar-refractivity contribution in [3.63, 3.8) is 0 Å². The van der Waals surface area contributed by atoms with Crippen molar-refractivity contribution >= 4 is 34.8 Å². The number of hydrogen-bond donors (Lipinski definition) is 0. The molecule has 5 nitrogen and oxygen atoms in total. The number of para-hydroxylation sites is 1. The molecule has 1 aliphatic rings. The van der Waals surface area contributed by atoms with Crippen LogP contribution in [0, 0.1) is 6.92 Å². The third kappa shape index (κ3) is 5.60. The van der Waals surface area contributed by atoms with E-state index >= 15 is 0 Å². The fourth-order valence-electron chi connectivity index (χ4n) is 4.10. The average Bonchev–Trinajstić information content (AvgIpc) is 2.85. The molecular weight excluding hydrogens is 471 g/mol. The lowest BCUT2D eigenvalue weighted by atomic mass is 10.1. The van der Waals surface area contributed by atoms with Crippen LogP contribution in [0.4, 0.5) is 5.69 Å². The molecule has 3 aromatic carbocycles. The Morgan fingerprint density at radius 1 is 0.912 bits per heavy atom. The van der Waals surface area contributed by atoms with Crippen LogP contribution in [0.15, 0.2) is 60.7 Å². The van der Waals surface area contributed by atoms with E-state index in [0.29, 0.717) is 41.8 Å². The Labute approximate surface area is 210 Å². The molecule has 0 unspecified atom stereocenters. The van der Waals surface area contributed by atoms with E-state index in [1.165, 1.54) is 5.56 Å². The molecule has 4 rings (SSSR count). The topological polar surface area (TPSA) is 42.0 Å². The zero-order valence-electron chi connectivity index (χ0n) is 19.4. The predicted octanol–water partition coefficient (Wildman–Crippen LogP) is 6.24. The minimum atomic E-state index is 0.00417. The lowest BCUT2D eigenvalue weighted by molar-refractivity contribution is 0.0746. The third-order valence-electron chi connectivity index (χ3n) is 5.91. The zero-order valence-corrected chi connectivity index (χ0v) is 20.9. The lowest BCUT2D eigenvalue weighted by Gasteiger charge is -2.37. The first-order chi connectivity index (χ1) is 16.5. The molecule has 0 radical (unpaired) electrons. The van der Waals surface area contributed by atoms with Crippen LogP contribution < -0.4 is 14.4 Å². The number of aryl methyl sites for hydroxylation is 1. The molecule has 0 N–H and O–H groups in total. The monoisotopic (exact) mass is 498 g/mol. The molecule has 7 heteroatoms. The van der Waals surface area contributed by atoms with E-state index in [4.69, 9.17) is 32.7 Å². The van der Waals surface area contributed by atoms with Gasteiger partial charge >= 0.3 is 0 Å². The number of hydrogen-bond acceptors (Lipinski definition) is 4. The molecule has 1 amide bonds. The summed E-state index contributed by atoms with van der Waals surface area (Å²) < 4.78 is 11.7. The second kappa shape index (κ2) is 11.0. The van der Waals surface area contributed by atoms with Crippen LogP contribution in [0.1, 0.15) is 28.4 Å². The normalized spacial score (nSPS) is 13.6. The fourth-order valence-corrected chi connectivity index (χ4v) is 4.45. The van der Waals surface area contributed by atoms with Gasteiger partial charge in [0.15, 0.2) is 0 Å². The highest BCUT2D eigenvalue weighted by atomic mass is 35.5. The van der Waals surface area contributed by atoms with Crippen molar-refractivity contribution in [1.29, 1.82) is 0 Å². The molecule has 0 spiro atoms. The summed E-state index contributed by atoms with van der Waals surface area (Å²) in [4.78, 5) is 17.5. The molecule has 0 bridgehead atoms. The van der Waals surface area contributed by atoms with Crippen molar-refractivity contribution in [2.24, 2.45) is 0 Å². The number of anilines is 1. The van der Waals surface area contributed by atoms with Crippen LogP contribution in [0.2, 0.25) is 10.0 Å². The van der Waals surface area contributed by atoms with Gasteiger partial charge in [-0.3, -0.25) is 4.79 Å². The summed E-state index contributed by atoms with van der Waals surface area (Å²) in [6.07, 6.45) is 0. The number of carbonyl (C=O) groups is 1. The molecule has 178 valence electrons. The second-order valence-electron chi connectivity index (χ2n) is 8.18. The van der Waals surface area contributed by atoms with Gasteiger partial charge in [-0.1, -0.05) is 41.4 Å². The van der Waals surface area contributed by atoms with Gasteiger partial charge in [-0.15, -0.1) is 0 Å². The average molecular weight is 499 g/mol. The van der Waals surface area contributed by atoms with Crippen molar-refractivity contribution < 1.29 is 14.3 Å². The number of piperazine rings is 1. The van der Waals surface area contributed by atoms with E-state index in [0.717, 1.165) is 29.4 Å². The molecule has 1 aliphatic heterocycles. The van der Waals surface area contributed by atoms with E-state index in [1.54, 1.807) is 6.07 Å². The first-order valence-corrected chi connectivity index (χ1v) is 12.1. The first-order valence-electron chi connectivity index (χ1n) is 11.4. The number of ether oxygens (including phenoxy) is 2.